The van der Waals surface area contributed by atoms with Crippen molar-refractivity contribution in [1.82, 2.24) is 24.5 Å². The summed E-state index contributed by atoms with van der Waals surface area (Å²) in [7, 11) is 0. The van der Waals surface area contributed by atoms with Crippen molar-refractivity contribution in [2.24, 2.45) is 0 Å². The highest BCUT2D eigenvalue weighted by Gasteiger charge is 2.18. The number of aromatic nitrogens is 5. The summed E-state index contributed by atoms with van der Waals surface area (Å²) in [4.78, 5) is 29.0. The lowest BCUT2D eigenvalue weighted by atomic mass is 10.2. The number of hydrogen-bond acceptors (Lipinski definition) is 5. The third-order valence-corrected chi connectivity index (χ3v) is 4.95. The molecule has 0 bridgehead atoms. The first-order valence-electron chi connectivity index (χ1n) is 9.22. The largest absolute Gasteiger partial charge is 0.288 e. The first kappa shape index (κ1) is 20.6. The van der Waals surface area contributed by atoms with Crippen molar-refractivity contribution in [2.75, 3.05) is 5.32 Å². The van der Waals surface area contributed by atoms with Crippen molar-refractivity contribution >= 4 is 27.8 Å². The maximum Gasteiger partial charge on any atom is 0.282 e. The monoisotopic (exact) mass is 482 g/mol. The Morgan fingerprint density at radius 3 is 2.61 bits per heavy atom. The predicted octanol–water partition coefficient (Wildman–Crippen LogP) is 3.33. The molecule has 0 aliphatic rings. The molecule has 8 nitrogen and oxygen atoms in total. The summed E-state index contributed by atoms with van der Waals surface area (Å²) in [5, 5.41) is 10.7. The Morgan fingerprint density at radius 2 is 1.87 bits per heavy atom. The van der Waals surface area contributed by atoms with Gasteiger partial charge < -0.3 is 0 Å². The number of halogens is 2. The second-order valence-corrected chi connectivity index (χ2v) is 7.62. The summed E-state index contributed by atoms with van der Waals surface area (Å²) in [5.41, 5.74) is 0.545. The number of hydrogen-bond donors (Lipinski definition) is 1. The van der Waals surface area contributed by atoms with Gasteiger partial charge in [-0.1, -0.05) is 40.2 Å². The van der Waals surface area contributed by atoms with Crippen molar-refractivity contribution in [3.05, 3.63) is 98.4 Å². The average Bonchev–Trinajstić information content (AvgIpc) is 3.17. The number of rotatable bonds is 5. The Kier molecular flexibility index (Phi) is 5.72. The van der Waals surface area contributed by atoms with Gasteiger partial charge in [-0.25, -0.2) is 18.7 Å². The molecule has 0 saturated carbocycles. The minimum atomic E-state index is -0.781. The standard InChI is InChI=1S/C21H16BrFN6O2/c1-13-10-18(30)19(26-29(13)17-5-3-2-4-16(17)23)20(31)25-21-24-12-28(27-21)11-14-6-8-15(22)9-7-14/h2-10,12H,11H2,1H3,(H,25,27,31). The van der Waals surface area contributed by atoms with Crippen LogP contribution in [0.5, 0.6) is 0 Å². The van der Waals surface area contributed by atoms with E-state index in [4.69, 9.17) is 0 Å². The van der Waals surface area contributed by atoms with Crippen LogP contribution in [0.4, 0.5) is 10.3 Å². The molecule has 2 heterocycles. The van der Waals surface area contributed by atoms with Crippen molar-refractivity contribution in [1.29, 1.82) is 0 Å². The van der Waals surface area contributed by atoms with Crippen molar-refractivity contribution in [3.8, 4) is 5.69 Å². The van der Waals surface area contributed by atoms with Gasteiger partial charge in [-0.05, 0) is 36.8 Å². The Hall–Kier alpha value is -3.66. The first-order chi connectivity index (χ1) is 14.9. The predicted molar refractivity (Wildman–Crippen MR) is 116 cm³/mol. The number of nitrogens with zero attached hydrogens (tertiary/aromatic N) is 5. The molecule has 0 aliphatic carbocycles. The van der Waals surface area contributed by atoms with Crippen molar-refractivity contribution in [2.45, 2.75) is 13.5 Å². The van der Waals surface area contributed by atoms with E-state index in [1.807, 2.05) is 24.3 Å². The van der Waals surface area contributed by atoms with Gasteiger partial charge in [0, 0.05) is 16.2 Å². The SMILES string of the molecule is Cc1cc(=O)c(C(=O)Nc2ncn(Cc3ccc(Br)cc3)n2)nn1-c1ccccc1F. The zero-order valence-corrected chi connectivity index (χ0v) is 17.9. The smallest absolute Gasteiger partial charge is 0.282 e. The lowest BCUT2D eigenvalue weighted by Crippen LogP contribution is -2.27. The number of carbonyl (C=O) groups is 1. The zero-order valence-electron chi connectivity index (χ0n) is 16.3. The molecule has 0 saturated heterocycles. The van der Waals surface area contributed by atoms with Gasteiger partial charge in [-0.2, -0.15) is 5.10 Å². The van der Waals surface area contributed by atoms with E-state index >= 15 is 0 Å². The molecule has 1 N–H and O–H groups in total. The van der Waals surface area contributed by atoms with Gasteiger partial charge in [0.2, 0.25) is 11.4 Å². The fourth-order valence-electron chi connectivity index (χ4n) is 2.94. The molecule has 31 heavy (non-hydrogen) atoms. The minimum Gasteiger partial charge on any atom is -0.288 e. The Morgan fingerprint density at radius 1 is 1.13 bits per heavy atom. The van der Waals surface area contributed by atoms with Crippen LogP contribution in [0, 0.1) is 12.7 Å². The normalized spacial score (nSPS) is 10.8. The summed E-state index contributed by atoms with van der Waals surface area (Å²) in [6.07, 6.45) is 1.47. The molecule has 0 aliphatic heterocycles. The van der Waals surface area contributed by atoms with Gasteiger partial charge in [0.15, 0.2) is 5.69 Å². The van der Waals surface area contributed by atoms with Crippen molar-refractivity contribution in [3.63, 3.8) is 0 Å². The fourth-order valence-corrected chi connectivity index (χ4v) is 3.20. The summed E-state index contributed by atoms with van der Waals surface area (Å²) < 4.78 is 17.9. The van der Waals surface area contributed by atoms with E-state index in [1.54, 1.807) is 23.7 Å². The summed E-state index contributed by atoms with van der Waals surface area (Å²) in [6, 6.07) is 14.9. The third kappa shape index (κ3) is 4.58. The zero-order chi connectivity index (χ0) is 22.0. The maximum atomic E-state index is 14.2. The van der Waals surface area contributed by atoms with E-state index in [2.05, 4.69) is 36.4 Å². The Bertz CT molecular complexity index is 1320. The molecule has 0 unspecified atom stereocenters. The van der Waals surface area contributed by atoms with Gasteiger partial charge >= 0.3 is 0 Å². The molecule has 10 heteroatoms. The van der Waals surface area contributed by atoms with Gasteiger partial charge in [-0.3, -0.25) is 14.9 Å². The van der Waals surface area contributed by atoms with Crippen LogP contribution < -0.4 is 10.7 Å². The van der Waals surface area contributed by atoms with Crippen LogP contribution >= 0.6 is 15.9 Å². The minimum absolute atomic E-state index is 0.0290. The molecule has 156 valence electrons. The van der Waals surface area contributed by atoms with Crippen LogP contribution in [0.15, 0.2) is 70.2 Å². The van der Waals surface area contributed by atoms with E-state index in [9.17, 15) is 14.0 Å². The number of para-hydroxylation sites is 1. The summed E-state index contributed by atoms with van der Waals surface area (Å²) in [6.45, 7) is 2.06. The number of carbonyl (C=O) groups excluding carboxylic acids is 1. The quantitative estimate of drug-likeness (QED) is 0.470. The van der Waals surface area contributed by atoms with Gasteiger partial charge in [0.1, 0.15) is 17.8 Å². The number of aryl methyl sites for hydroxylation is 1. The molecule has 4 aromatic rings. The Balaban J connectivity index is 1.56. The molecule has 2 aromatic heterocycles. The number of benzene rings is 2. The first-order valence-corrected chi connectivity index (χ1v) is 10.0. The Labute approximate surface area is 184 Å². The van der Waals surface area contributed by atoms with Crippen molar-refractivity contribution < 1.29 is 9.18 Å². The molecular weight excluding hydrogens is 467 g/mol. The summed E-state index contributed by atoms with van der Waals surface area (Å²) >= 11 is 3.38. The van der Waals surface area contributed by atoms with Crippen LogP contribution in [0.25, 0.3) is 5.69 Å². The van der Waals surface area contributed by atoms with E-state index < -0.39 is 22.8 Å². The summed E-state index contributed by atoms with van der Waals surface area (Å²) in [5.74, 6) is -1.28. The number of nitrogens with one attached hydrogen (secondary N) is 1. The number of amides is 1. The van der Waals surface area contributed by atoms with Gasteiger partial charge in [0.05, 0.1) is 6.54 Å². The molecular formula is C21H16BrFN6O2. The molecule has 0 spiro atoms. The highest BCUT2D eigenvalue weighted by molar-refractivity contribution is 9.10. The topological polar surface area (TPSA) is 94.7 Å². The third-order valence-electron chi connectivity index (χ3n) is 4.42. The van der Waals surface area contributed by atoms with Gasteiger partial charge in [0.25, 0.3) is 5.91 Å². The van der Waals surface area contributed by atoms with E-state index in [-0.39, 0.29) is 11.6 Å². The van der Waals surface area contributed by atoms with Crippen LogP contribution in [0.3, 0.4) is 0 Å². The fraction of sp³-hybridized carbons (Fsp3) is 0.0952. The average molecular weight is 483 g/mol. The van der Waals surface area contributed by atoms with E-state index in [0.717, 1.165) is 10.0 Å². The van der Waals surface area contributed by atoms with Crippen LogP contribution in [-0.2, 0) is 6.54 Å². The second-order valence-electron chi connectivity index (χ2n) is 6.71. The highest BCUT2D eigenvalue weighted by atomic mass is 79.9. The molecule has 0 radical (unpaired) electrons. The highest BCUT2D eigenvalue weighted by Crippen LogP contribution is 2.14. The number of anilines is 1. The lowest BCUT2D eigenvalue weighted by molar-refractivity contribution is 0.101. The van der Waals surface area contributed by atoms with Crippen LogP contribution in [0.1, 0.15) is 21.7 Å². The van der Waals surface area contributed by atoms with E-state index in [1.165, 1.54) is 29.2 Å². The lowest BCUT2D eigenvalue weighted by Gasteiger charge is -2.11. The van der Waals surface area contributed by atoms with Crippen LogP contribution in [-0.4, -0.2) is 30.5 Å². The van der Waals surface area contributed by atoms with Crippen LogP contribution in [0.2, 0.25) is 0 Å². The molecule has 4 rings (SSSR count). The van der Waals surface area contributed by atoms with E-state index in [0.29, 0.717) is 12.2 Å². The second kappa shape index (κ2) is 8.60. The molecule has 2 aromatic carbocycles. The molecule has 0 fully saturated rings. The van der Waals surface area contributed by atoms with Gasteiger partial charge in [-0.15, -0.1) is 5.10 Å². The molecule has 0 atom stereocenters. The maximum absolute atomic E-state index is 14.2. The molecule has 1 amide bonds.